The highest BCUT2D eigenvalue weighted by molar-refractivity contribution is 5.97. The number of piperazine rings is 1. The van der Waals surface area contributed by atoms with Crippen LogP contribution in [0.5, 0.6) is 5.75 Å². The highest BCUT2D eigenvalue weighted by Crippen LogP contribution is 2.45. The summed E-state index contributed by atoms with van der Waals surface area (Å²) in [7, 11) is 1.79. The Morgan fingerprint density at radius 3 is 2.43 bits per heavy atom. The highest BCUT2D eigenvalue weighted by Gasteiger charge is 2.46. The Morgan fingerprint density at radius 2 is 1.68 bits per heavy atom. The molecule has 1 unspecified atom stereocenters. The number of benzene rings is 3. The van der Waals surface area contributed by atoms with Gasteiger partial charge in [0.15, 0.2) is 11.9 Å². The number of carbonyl (C=O) groups is 1. The fraction of sp³-hybridized carbons (Fsp3) is 0.491. The Morgan fingerprint density at radius 1 is 0.870 bits per heavy atom. The molecular weight excluding hydrogens is 871 g/mol. The summed E-state index contributed by atoms with van der Waals surface area (Å²) in [6, 6.07) is 27.2. The predicted octanol–water partition coefficient (Wildman–Crippen LogP) is 9.32. The number of ether oxygens (including phenoxy) is 5. The number of rotatable bonds is 13. The Labute approximate surface area is 404 Å². The molecule has 6 heterocycles. The molecule has 3 aromatic heterocycles. The first-order valence-electron chi connectivity index (χ1n) is 25.0. The maximum atomic E-state index is 13.2. The maximum absolute atomic E-state index is 13.2. The Bertz CT molecular complexity index is 2820. The third kappa shape index (κ3) is 10.1. The molecule has 4 fully saturated rings. The lowest BCUT2D eigenvalue weighted by Crippen LogP contribution is -2.62. The van der Waals surface area contributed by atoms with Crippen molar-refractivity contribution >= 4 is 33.8 Å². The van der Waals surface area contributed by atoms with E-state index in [9.17, 15) is 9.59 Å². The van der Waals surface area contributed by atoms with E-state index in [1.807, 2.05) is 74.5 Å². The van der Waals surface area contributed by atoms with Crippen molar-refractivity contribution in [2.45, 2.75) is 128 Å². The minimum Gasteiger partial charge on any atom is -0.489 e. The molecule has 6 aromatic rings. The standard InChI is InChI=1S/C55H67N7O7/c1-36-32-62(53(64)69-54(3,4)5)37(2)31-61(36)41-23-26-60(27-24-41)52-57-47-21-18-39(46-33-59(6)51(63)49-44(46)22-25-56-49)29-45(47)50(58-52)55(68-42-19-20-42,35-67-48-17-10-11-28-65-48)40-15-12-16-43(30-40)66-34-38-13-8-7-9-14-38/h7-9,12-16,18,21-22,25,29-30,33,36-37,41-42,48,56H,10-11,17,19-20,23-24,26-28,31-32,34-35H2,1-6H3/t36-,37+,48?,55+/m0/s1. The smallest absolute Gasteiger partial charge is 0.410 e. The largest absolute Gasteiger partial charge is 0.489 e. The molecule has 69 heavy (non-hydrogen) atoms. The summed E-state index contributed by atoms with van der Waals surface area (Å²) in [4.78, 5) is 47.5. The molecular formula is C55H67N7O7. The predicted molar refractivity (Wildman–Crippen MR) is 268 cm³/mol. The minimum absolute atomic E-state index is 0.00884. The molecule has 364 valence electrons. The summed E-state index contributed by atoms with van der Waals surface area (Å²) in [5, 5.41) is 1.68. The zero-order chi connectivity index (χ0) is 47.9. The van der Waals surface area contributed by atoms with Crippen LogP contribution in [0.2, 0.25) is 0 Å². The monoisotopic (exact) mass is 938 g/mol. The van der Waals surface area contributed by atoms with Crippen LogP contribution in [0.4, 0.5) is 10.7 Å². The molecule has 0 bridgehead atoms. The number of nitrogens with one attached hydrogen (secondary N) is 1. The first-order chi connectivity index (χ1) is 33.3. The number of hydrogen-bond donors (Lipinski definition) is 1. The summed E-state index contributed by atoms with van der Waals surface area (Å²) in [5.74, 6) is 1.36. The van der Waals surface area contributed by atoms with Crippen molar-refractivity contribution in [3.8, 4) is 16.9 Å². The molecule has 10 rings (SSSR count). The van der Waals surface area contributed by atoms with Crippen LogP contribution in [-0.4, -0.2) is 111 Å². The summed E-state index contributed by atoms with van der Waals surface area (Å²) >= 11 is 0. The molecule has 1 saturated carbocycles. The van der Waals surface area contributed by atoms with Crippen molar-refractivity contribution in [3.63, 3.8) is 0 Å². The quantitative estimate of drug-likeness (QED) is 0.119. The lowest BCUT2D eigenvalue weighted by molar-refractivity contribution is -0.197. The van der Waals surface area contributed by atoms with Gasteiger partial charge in [0.2, 0.25) is 5.95 Å². The van der Waals surface area contributed by atoms with Crippen molar-refractivity contribution in [1.82, 2.24) is 29.3 Å². The molecule has 1 aliphatic carbocycles. The van der Waals surface area contributed by atoms with Gasteiger partial charge in [-0.3, -0.25) is 9.69 Å². The lowest BCUT2D eigenvalue weighted by atomic mass is 9.87. The molecule has 3 saturated heterocycles. The van der Waals surface area contributed by atoms with E-state index in [2.05, 4.69) is 71.1 Å². The van der Waals surface area contributed by atoms with Gasteiger partial charge in [0.25, 0.3) is 5.56 Å². The zero-order valence-corrected chi connectivity index (χ0v) is 41.0. The number of fused-ring (bicyclic) bond motifs is 2. The van der Waals surface area contributed by atoms with Gasteiger partial charge in [-0.15, -0.1) is 0 Å². The van der Waals surface area contributed by atoms with E-state index in [-0.39, 0.29) is 42.7 Å². The third-order valence-corrected chi connectivity index (χ3v) is 14.2. The number of aryl methyl sites for hydroxylation is 1. The minimum atomic E-state index is -1.20. The summed E-state index contributed by atoms with van der Waals surface area (Å²) in [5.41, 5.74) is 4.00. The lowest BCUT2D eigenvalue weighted by Gasteiger charge is -2.49. The van der Waals surface area contributed by atoms with Crippen LogP contribution in [0, 0.1) is 0 Å². The number of carbonyl (C=O) groups excluding carboxylic acids is 1. The van der Waals surface area contributed by atoms with Crippen LogP contribution in [0.25, 0.3) is 32.9 Å². The van der Waals surface area contributed by atoms with Crippen LogP contribution >= 0.6 is 0 Å². The van der Waals surface area contributed by atoms with Crippen molar-refractivity contribution in [2.24, 2.45) is 7.05 Å². The summed E-state index contributed by atoms with van der Waals surface area (Å²) in [6.07, 6.45) is 9.59. The molecule has 3 aliphatic heterocycles. The van der Waals surface area contributed by atoms with Crippen LogP contribution < -0.4 is 15.2 Å². The number of pyridine rings is 1. The maximum Gasteiger partial charge on any atom is 0.410 e. The zero-order valence-electron chi connectivity index (χ0n) is 41.0. The van der Waals surface area contributed by atoms with Gasteiger partial charge in [0.1, 0.15) is 23.5 Å². The number of anilines is 1. The number of H-pyrrole nitrogens is 1. The number of hydrogen-bond acceptors (Lipinski definition) is 11. The fourth-order valence-corrected chi connectivity index (χ4v) is 10.4. The van der Waals surface area contributed by atoms with Gasteiger partial charge < -0.3 is 43.0 Å². The van der Waals surface area contributed by atoms with Crippen LogP contribution in [-0.2, 0) is 38.2 Å². The fourth-order valence-electron chi connectivity index (χ4n) is 10.4. The van der Waals surface area contributed by atoms with Gasteiger partial charge in [0.05, 0.1) is 23.9 Å². The normalized spacial score (nSPS) is 21.7. The average molecular weight is 938 g/mol. The Kier molecular flexibility index (Phi) is 13.3. The van der Waals surface area contributed by atoms with Crippen molar-refractivity contribution in [3.05, 3.63) is 118 Å². The molecule has 4 aliphatic rings. The second kappa shape index (κ2) is 19.5. The molecule has 4 atom stereocenters. The molecule has 1 amide bonds. The van der Waals surface area contributed by atoms with Crippen LogP contribution in [0.1, 0.15) is 96.4 Å². The van der Waals surface area contributed by atoms with E-state index in [4.69, 9.17) is 33.7 Å². The molecule has 0 radical (unpaired) electrons. The molecule has 3 aromatic carbocycles. The van der Waals surface area contributed by atoms with E-state index in [1.54, 1.807) is 11.6 Å². The number of aromatic nitrogens is 4. The van der Waals surface area contributed by atoms with Gasteiger partial charge in [0, 0.05) is 86.7 Å². The van der Waals surface area contributed by atoms with Gasteiger partial charge in [-0.2, -0.15) is 0 Å². The van der Waals surface area contributed by atoms with E-state index >= 15 is 0 Å². The summed E-state index contributed by atoms with van der Waals surface area (Å²) in [6.45, 7) is 14.2. The van der Waals surface area contributed by atoms with E-state index in [0.29, 0.717) is 48.7 Å². The molecule has 14 heteroatoms. The Balaban J connectivity index is 1.05. The first-order valence-corrected chi connectivity index (χ1v) is 25.0. The number of aromatic amines is 1. The van der Waals surface area contributed by atoms with Crippen molar-refractivity contribution in [1.29, 1.82) is 0 Å². The second-order valence-corrected chi connectivity index (χ2v) is 20.6. The first kappa shape index (κ1) is 46.9. The SMILES string of the molecule is C[C@@H]1CN(C2CCN(c3nc([C@](COC4CCCCO4)(OC4CC4)c4cccc(OCc5ccccc5)c4)c4cc(-c5cn(C)c(=O)c6[nH]ccc56)ccc4n3)CC2)[C@@H](C)CN1C(=O)OC(C)(C)C. The van der Waals surface area contributed by atoms with Gasteiger partial charge in [-0.25, -0.2) is 14.8 Å². The van der Waals surface area contributed by atoms with Gasteiger partial charge in [-0.05, 0) is 127 Å². The molecule has 14 nitrogen and oxygen atoms in total. The van der Waals surface area contributed by atoms with Crippen LogP contribution in [0.15, 0.2) is 96.1 Å². The summed E-state index contributed by atoms with van der Waals surface area (Å²) < 4.78 is 34.5. The number of amides is 1. The highest BCUT2D eigenvalue weighted by atomic mass is 16.7. The number of nitrogens with zero attached hydrogens (tertiary/aromatic N) is 6. The van der Waals surface area contributed by atoms with Crippen molar-refractivity contribution < 1.29 is 28.5 Å². The second-order valence-electron chi connectivity index (χ2n) is 20.6. The van der Waals surface area contributed by atoms with Gasteiger partial charge in [-0.1, -0.05) is 48.5 Å². The number of piperidine rings is 1. The molecule has 1 N–H and O–H groups in total. The van der Waals surface area contributed by atoms with E-state index in [1.165, 1.54) is 0 Å². The van der Waals surface area contributed by atoms with Gasteiger partial charge >= 0.3 is 6.09 Å². The van der Waals surface area contributed by atoms with Crippen molar-refractivity contribution in [2.75, 3.05) is 44.3 Å². The Hall–Kier alpha value is -5.80. The van der Waals surface area contributed by atoms with Crippen LogP contribution in [0.3, 0.4) is 0 Å². The average Bonchev–Trinajstić information content (AvgIpc) is 4.04. The third-order valence-electron chi connectivity index (χ3n) is 14.2. The van der Waals surface area contributed by atoms with E-state index < -0.39 is 11.2 Å². The van der Waals surface area contributed by atoms with E-state index in [0.717, 1.165) is 103 Å². The molecule has 0 spiro atoms. The topological polar surface area (TPSA) is 137 Å².